The van der Waals surface area contributed by atoms with Gasteiger partial charge in [-0.15, -0.1) is 24.8 Å². The maximum absolute atomic E-state index is 4.78. The van der Waals surface area contributed by atoms with Gasteiger partial charge in [0.05, 0.1) is 18.8 Å². The van der Waals surface area contributed by atoms with E-state index in [4.69, 9.17) is 4.99 Å². The topological polar surface area (TPSA) is 40.0 Å². The van der Waals surface area contributed by atoms with E-state index in [1.54, 1.807) is 23.5 Å². The molecule has 0 bridgehead atoms. The van der Waals surface area contributed by atoms with Crippen LogP contribution in [0.2, 0.25) is 0 Å². The van der Waals surface area contributed by atoms with Gasteiger partial charge in [-0.05, 0) is 28.7 Å². The van der Waals surface area contributed by atoms with Gasteiger partial charge in [0, 0.05) is 17.1 Å². The quantitative estimate of drug-likeness (QED) is 0.661. The molecule has 3 aliphatic heterocycles. The molecule has 140 valence electrons. The largest absolute Gasteiger partial charge is 0.335 e. The molecule has 0 spiro atoms. The summed E-state index contributed by atoms with van der Waals surface area (Å²) in [5.74, 6) is 0.891. The SMILES string of the molecule is C1=C(CSC2=NCc3ccccc3N2)N2Cc3ccccc3N=C2S1.Cl.Cl. The number of fused-ring (bicyclic) bond motifs is 3. The fourth-order valence-corrected chi connectivity index (χ4v) is 4.96. The lowest BCUT2D eigenvalue weighted by atomic mass is 10.1. The smallest absolute Gasteiger partial charge is 0.173 e. The van der Waals surface area contributed by atoms with E-state index < -0.39 is 0 Å². The van der Waals surface area contributed by atoms with E-state index in [9.17, 15) is 0 Å². The third-order valence-corrected chi connectivity index (χ3v) is 6.28. The van der Waals surface area contributed by atoms with Gasteiger partial charge in [0.25, 0.3) is 0 Å². The van der Waals surface area contributed by atoms with Gasteiger partial charge in [-0.25, -0.2) is 4.99 Å². The summed E-state index contributed by atoms with van der Waals surface area (Å²) in [6, 6.07) is 16.7. The molecule has 3 aliphatic rings. The zero-order chi connectivity index (χ0) is 16.6. The minimum atomic E-state index is 0. The van der Waals surface area contributed by atoms with E-state index in [-0.39, 0.29) is 24.8 Å². The predicted molar refractivity (Wildman–Crippen MR) is 123 cm³/mol. The number of benzene rings is 2. The Labute approximate surface area is 179 Å². The van der Waals surface area contributed by atoms with E-state index in [1.165, 1.54) is 22.5 Å². The monoisotopic (exact) mass is 436 g/mol. The number of thioether (sulfide) groups is 2. The molecule has 0 aromatic heterocycles. The Hall–Kier alpha value is -1.60. The van der Waals surface area contributed by atoms with Crippen molar-refractivity contribution < 1.29 is 0 Å². The summed E-state index contributed by atoms with van der Waals surface area (Å²) in [4.78, 5) is 11.8. The van der Waals surface area contributed by atoms with Crippen molar-refractivity contribution in [3.63, 3.8) is 0 Å². The van der Waals surface area contributed by atoms with Crippen LogP contribution in [0, 0.1) is 0 Å². The summed E-state index contributed by atoms with van der Waals surface area (Å²) in [5, 5.41) is 7.73. The van der Waals surface area contributed by atoms with E-state index in [1.807, 2.05) is 6.07 Å². The molecule has 4 nitrogen and oxygen atoms in total. The average Bonchev–Trinajstić information content (AvgIpc) is 3.06. The van der Waals surface area contributed by atoms with Gasteiger partial charge in [0.2, 0.25) is 0 Å². The normalized spacial score (nSPS) is 16.3. The number of hydrogen-bond acceptors (Lipinski definition) is 6. The first kappa shape index (κ1) is 20.1. The van der Waals surface area contributed by atoms with Crippen molar-refractivity contribution in [3.05, 3.63) is 70.8 Å². The molecule has 8 heteroatoms. The Kier molecular flexibility index (Phi) is 6.42. The van der Waals surface area contributed by atoms with Crippen LogP contribution in [0.5, 0.6) is 0 Å². The van der Waals surface area contributed by atoms with Gasteiger partial charge in [-0.2, -0.15) is 0 Å². The first-order valence-corrected chi connectivity index (χ1v) is 10.1. The van der Waals surface area contributed by atoms with Gasteiger partial charge < -0.3 is 10.2 Å². The highest BCUT2D eigenvalue weighted by molar-refractivity contribution is 8.17. The summed E-state index contributed by atoms with van der Waals surface area (Å²) in [7, 11) is 0. The second kappa shape index (κ2) is 8.61. The Morgan fingerprint density at radius 1 is 1.04 bits per heavy atom. The maximum Gasteiger partial charge on any atom is 0.173 e. The van der Waals surface area contributed by atoms with Crippen LogP contribution < -0.4 is 5.32 Å². The van der Waals surface area contributed by atoms with Crippen molar-refractivity contribution in [1.29, 1.82) is 0 Å². The molecule has 0 amide bonds. The van der Waals surface area contributed by atoms with Crippen molar-refractivity contribution in [2.45, 2.75) is 13.1 Å². The Morgan fingerprint density at radius 3 is 2.70 bits per heavy atom. The zero-order valence-electron chi connectivity index (χ0n) is 14.3. The van der Waals surface area contributed by atoms with Crippen LogP contribution in [0.1, 0.15) is 11.1 Å². The average molecular weight is 437 g/mol. The van der Waals surface area contributed by atoms with Gasteiger partial charge in [-0.1, -0.05) is 59.9 Å². The molecule has 27 heavy (non-hydrogen) atoms. The number of nitrogens with zero attached hydrogens (tertiary/aromatic N) is 3. The molecule has 0 fully saturated rings. The molecule has 2 aromatic rings. The summed E-state index contributed by atoms with van der Waals surface area (Å²) in [6.07, 6.45) is 0. The zero-order valence-corrected chi connectivity index (χ0v) is 17.6. The molecule has 0 radical (unpaired) electrons. The van der Waals surface area contributed by atoms with Crippen molar-refractivity contribution in [1.82, 2.24) is 4.90 Å². The lowest BCUT2D eigenvalue weighted by Gasteiger charge is -2.27. The first-order chi connectivity index (χ1) is 12.4. The Bertz CT molecular complexity index is 943. The molecule has 5 rings (SSSR count). The van der Waals surface area contributed by atoms with Gasteiger partial charge in [0.1, 0.15) is 0 Å². The molecule has 0 saturated carbocycles. The number of nitrogens with one attached hydrogen (secondary N) is 1. The Morgan fingerprint density at radius 2 is 1.81 bits per heavy atom. The number of aliphatic imine (C=N–C) groups is 2. The number of anilines is 1. The van der Waals surface area contributed by atoms with Crippen molar-refractivity contribution >= 4 is 70.0 Å². The van der Waals surface area contributed by atoms with E-state index in [2.05, 4.69) is 63.1 Å². The fourth-order valence-electron chi connectivity index (χ4n) is 3.08. The summed E-state index contributed by atoms with van der Waals surface area (Å²) in [6.45, 7) is 1.65. The predicted octanol–water partition coefficient (Wildman–Crippen LogP) is 5.64. The second-order valence-electron chi connectivity index (χ2n) is 6.03. The van der Waals surface area contributed by atoms with Crippen LogP contribution >= 0.6 is 48.3 Å². The number of para-hydroxylation sites is 2. The van der Waals surface area contributed by atoms with Crippen molar-refractivity contribution in [2.75, 3.05) is 11.1 Å². The number of rotatable bonds is 2. The minimum Gasteiger partial charge on any atom is -0.335 e. The van der Waals surface area contributed by atoms with Crippen LogP contribution in [-0.2, 0) is 13.1 Å². The third kappa shape index (κ3) is 3.99. The fraction of sp³-hybridized carbons (Fsp3) is 0.158. The minimum absolute atomic E-state index is 0. The lowest BCUT2D eigenvalue weighted by Crippen LogP contribution is -2.27. The highest BCUT2D eigenvalue weighted by Gasteiger charge is 2.27. The molecule has 0 atom stereocenters. The molecular weight excluding hydrogens is 419 g/mol. The van der Waals surface area contributed by atoms with Crippen LogP contribution in [0.4, 0.5) is 11.4 Å². The van der Waals surface area contributed by atoms with Crippen LogP contribution in [0.25, 0.3) is 0 Å². The summed E-state index contributed by atoms with van der Waals surface area (Å²) in [5.41, 5.74) is 6.10. The molecular formula is C19H18Cl2N4S2. The standard InChI is InChI=1S/C19H16N4S2.2ClH/c1-3-7-16-13(5-1)9-20-18(21-16)24-11-15-12-25-19-22-17-8-4-2-6-14(17)10-23(15)19;;/h1-8,12H,9-11H2,(H,20,21);2*1H. The molecule has 0 aliphatic carbocycles. The summed E-state index contributed by atoms with van der Waals surface area (Å²) < 4.78 is 0. The number of amidine groups is 2. The Balaban J connectivity index is 0.00000105. The van der Waals surface area contributed by atoms with Crippen molar-refractivity contribution in [3.8, 4) is 0 Å². The number of halogens is 2. The van der Waals surface area contributed by atoms with Gasteiger partial charge in [-0.3, -0.25) is 4.99 Å². The highest BCUT2D eigenvalue weighted by Crippen LogP contribution is 2.37. The van der Waals surface area contributed by atoms with E-state index in [0.29, 0.717) is 0 Å². The van der Waals surface area contributed by atoms with E-state index in [0.717, 1.165) is 34.9 Å². The number of hydrogen-bond donors (Lipinski definition) is 1. The van der Waals surface area contributed by atoms with Crippen LogP contribution in [0.3, 0.4) is 0 Å². The lowest BCUT2D eigenvalue weighted by molar-refractivity contribution is 0.519. The second-order valence-corrected chi connectivity index (χ2v) is 7.83. The molecule has 0 unspecified atom stereocenters. The van der Waals surface area contributed by atoms with E-state index >= 15 is 0 Å². The molecule has 1 N–H and O–H groups in total. The van der Waals surface area contributed by atoms with Crippen LogP contribution in [0.15, 0.2) is 69.6 Å². The van der Waals surface area contributed by atoms with Gasteiger partial charge in [0.15, 0.2) is 10.3 Å². The highest BCUT2D eigenvalue weighted by atomic mass is 35.5. The summed E-state index contributed by atoms with van der Waals surface area (Å²) >= 11 is 3.47. The molecule has 3 heterocycles. The maximum atomic E-state index is 4.78. The molecule has 0 saturated heterocycles. The van der Waals surface area contributed by atoms with Crippen LogP contribution in [-0.4, -0.2) is 21.0 Å². The third-order valence-electron chi connectivity index (χ3n) is 4.42. The van der Waals surface area contributed by atoms with Gasteiger partial charge >= 0.3 is 0 Å². The molecule has 2 aromatic carbocycles. The van der Waals surface area contributed by atoms with Crippen molar-refractivity contribution in [2.24, 2.45) is 9.98 Å². The first-order valence-electron chi connectivity index (χ1n) is 8.19.